The summed E-state index contributed by atoms with van der Waals surface area (Å²) < 4.78 is 0. The first-order chi connectivity index (χ1) is 7.09. The highest BCUT2D eigenvalue weighted by molar-refractivity contribution is 6.44. The van der Waals surface area contributed by atoms with Crippen molar-refractivity contribution in [3.8, 4) is 0 Å². The van der Waals surface area contributed by atoms with Crippen molar-refractivity contribution in [3.63, 3.8) is 0 Å². The first-order valence-corrected chi connectivity index (χ1v) is 4.90. The molecule has 1 aromatic carbocycles. The van der Waals surface area contributed by atoms with Crippen LogP contribution in [-0.2, 0) is 4.79 Å². The van der Waals surface area contributed by atoms with Gasteiger partial charge in [0.25, 0.3) is 0 Å². The molecule has 15 heavy (non-hydrogen) atoms. The minimum atomic E-state index is -0.482. The molecule has 0 saturated carbocycles. The predicted molar refractivity (Wildman–Crippen MR) is 57.3 cm³/mol. The Balaban J connectivity index is 2.42. The lowest BCUT2D eigenvalue weighted by Gasteiger charge is -2.15. The molecule has 0 aromatic heterocycles. The van der Waals surface area contributed by atoms with Crippen LogP contribution in [0.1, 0.15) is 0 Å². The molecule has 0 aliphatic carbocycles. The number of rotatable bonds is 1. The molecule has 0 spiro atoms. The van der Waals surface area contributed by atoms with Crippen molar-refractivity contribution in [2.45, 2.75) is 0 Å². The third kappa shape index (κ3) is 1.78. The highest BCUT2D eigenvalue weighted by Gasteiger charge is 2.29. The lowest BCUT2D eigenvalue weighted by Crippen LogP contribution is -2.28. The molecular weight excluding hydrogens is 239 g/mol. The van der Waals surface area contributed by atoms with E-state index in [2.05, 4.69) is 5.32 Å². The lowest BCUT2D eigenvalue weighted by atomic mass is 10.3. The Morgan fingerprint density at radius 3 is 2.60 bits per heavy atom. The second-order valence-electron chi connectivity index (χ2n) is 3.01. The molecule has 6 heteroatoms. The smallest absolute Gasteiger partial charge is 0.283 e. The Hall–Kier alpha value is -1.26. The summed E-state index contributed by atoms with van der Waals surface area (Å²) in [6.45, 7) is -0.0289. The zero-order valence-electron chi connectivity index (χ0n) is 7.46. The van der Waals surface area contributed by atoms with Crippen LogP contribution < -0.4 is 10.2 Å². The van der Waals surface area contributed by atoms with E-state index in [0.29, 0.717) is 10.7 Å². The van der Waals surface area contributed by atoms with Crippen LogP contribution in [0.5, 0.6) is 0 Å². The van der Waals surface area contributed by atoms with Gasteiger partial charge < -0.3 is 0 Å². The van der Waals surface area contributed by atoms with E-state index in [1.54, 1.807) is 18.2 Å². The lowest BCUT2D eigenvalue weighted by molar-refractivity contribution is -0.117. The van der Waals surface area contributed by atoms with Crippen LogP contribution >= 0.6 is 23.2 Å². The average molecular weight is 245 g/mol. The fraction of sp³-hybridized carbons (Fsp3) is 0.111. The molecule has 78 valence electrons. The van der Waals surface area contributed by atoms with E-state index >= 15 is 0 Å². The summed E-state index contributed by atoms with van der Waals surface area (Å²) in [7, 11) is 0. The monoisotopic (exact) mass is 244 g/mol. The third-order valence-electron chi connectivity index (χ3n) is 2.02. The Labute approximate surface area is 95.8 Å². The average Bonchev–Trinajstić information content (AvgIpc) is 2.50. The Morgan fingerprint density at radius 2 is 2.00 bits per heavy atom. The summed E-state index contributed by atoms with van der Waals surface area (Å²) in [5, 5.41) is 2.77. The van der Waals surface area contributed by atoms with Gasteiger partial charge >= 0.3 is 6.03 Å². The fourth-order valence-electron chi connectivity index (χ4n) is 1.34. The number of halogens is 2. The van der Waals surface area contributed by atoms with Crippen LogP contribution in [0.3, 0.4) is 0 Å². The fourth-order valence-corrected chi connectivity index (χ4v) is 1.73. The molecule has 2 rings (SSSR count). The van der Waals surface area contributed by atoms with Crippen molar-refractivity contribution in [1.82, 2.24) is 5.32 Å². The first kappa shape index (κ1) is 10.3. The molecule has 0 bridgehead atoms. The molecule has 1 saturated heterocycles. The molecule has 1 heterocycles. The zero-order chi connectivity index (χ0) is 11.0. The van der Waals surface area contributed by atoms with Gasteiger partial charge in [0.15, 0.2) is 0 Å². The third-order valence-corrected chi connectivity index (χ3v) is 2.82. The van der Waals surface area contributed by atoms with E-state index in [-0.39, 0.29) is 17.5 Å². The quantitative estimate of drug-likeness (QED) is 0.769. The number of nitrogens with one attached hydrogen (secondary N) is 1. The molecule has 4 nitrogen and oxygen atoms in total. The van der Waals surface area contributed by atoms with Gasteiger partial charge in [-0.25, -0.2) is 4.79 Å². The molecule has 1 aromatic rings. The van der Waals surface area contributed by atoms with Gasteiger partial charge in [-0.3, -0.25) is 15.0 Å². The first-order valence-electron chi connectivity index (χ1n) is 4.15. The maximum Gasteiger partial charge on any atom is 0.329 e. The normalized spacial score (nSPS) is 15.7. The highest BCUT2D eigenvalue weighted by Crippen LogP contribution is 2.32. The van der Waals surface area contributed by atoms with Gasteiger partial charge in [0.05, 0.1) is 15.7 Å². The van der Waals surface area contributed by atoms with E-state index in [0.717, 1.165) is 0 Å². The summed E-state index contributed by atoms with van der Waals surface area (Å²) in [5.74, 6) is -0.351. The number of benzene rings is 1. The number of carbonyl (C=O) groups is 2. The minimum Gasteiger partial charge on any atom is -0.283 e. The summed E-state index contributed by atoms with van der Waals surface area (Å²) in [6.07, 6.45) is 0. The highest BCUT2D eigenvalue weighted by atomic mass is 35.5. The van der Waals surface area contributed by atoms with Gasteiger partial charge in [-0.05, 0) is 12.1 Å². The molecule has 0 unspecified atom stereocenters. The number of urea groups is 1. The molecule has 1 fully saturated rings. The van der Waals surface area contributed by atoms with Crippen molar-refractivity contribution in [2.75, 3.05) is 11.4 Å². The second kappa shape index (κ2) is 3.72. The summed E-state index contributed by atoms with van der Waals surface area (Å²) in [4.78, 5) is 23.6. The predicted octanol–water partition coefficient (Wildman–Crippen LogP) is 2.05. The van der Waals surface area contributed by atoms with Crippen molar-refractivity contribution in [1.29, 1.82) is 0 Å². The van der Waals surface area contributed by atoms with E-state index in [4.69, 9.17) is 23.2 Å². The van der Waals surface area contributed by atoms with Gasteiger partial charge in [0.2, 0.25) is 5.91 Å². The molecule has 0 atom stereocenters. The number of carbonyl (C=O) groups excluding carboxylic acids is 2. The molecule has 1 aliphatic heterocycles. The Kier molecular flexibility index (Phi) is 2.54. The van der Waals surface area contributed by atoms with Gasteiger partial charge in [-0.1, -0.05) is 29.3 Å². The maximum absolute atomic E-state index is 11.3. The van der Waals surface area contributed by atoms with Gasteiger partial charge in [-0.2, -0.15) is 0 Å². The van der Waals surface area contributed by atoms with Crippen LogP contribution in [0.2, 0.25) is 10.0 Å². The summed E-state index contributed by atoms with van der Waals surface area (Å²) in [6, 6.07) is 4.43. The molecule has 1 N–H and O–H groups in total. The topological polar surface area (TPSA) is 49.4 Å². The summed E-state index contributed by atoms with van der Waals surface area (Å²) >= 11 is 11.7. The number of anilines is 1. The summed E-state index contributed by atoms with van der Waals surface area (Å²) in [5.41, 5.74) is 0.438. The second-order valence-corrected chi connectivity index (χ2v) is 3.80. The molecule has 3 amide bonds. The van der Waals surface area contributed by atoms with Crippen molar-refractivity contribution in [3.05, 3.63) is 28.2 Å². The van der Waals surface area contributed by atoms with Crippen LogP contribution in [-0.4, -0.2) is 18.5 Å². The Bertz CT molecular complexity index is 448. The number of amides is 3. The number of imide groups is 1. The van der Waals surface area contributed by atoms with E-state index in [1.165, 1.54) is 4.90 Å². The van der Waals surface area contributed by atoms with Crippen LogP contribution in [0.15, 0.2) is 18.2 Å². The largest absolute Gasteiger partial charge is 0.329 e. The minimum absolute atomic E-state index is 0.0289. The maximum atomic E-state index is 11.3. The van der Waals surface area contributed by atoms with Crippen LogP contribution in [0.25, 0.3) is 0 Å². The number of hydrogen-bond donors (Lipinski definition) is 1. The van der Waals surface area contributed by atoms with Gasteiger partial charge in [0.1, 0.15) is 6.54 Å². The van der Waals surface area contributed by atoms with Crippen molar-refractivity contribution >= 4 is 40.8 Å². The van der Waals surface area contributed by atoms with Crippen LogP contribution in [0, 0.1) is 0 Å². The van der Waals surface area contributed by atoms with Gasteiger partial charge in [-0.15, -0.1) is 0 Å². The molecular formula is C9H6Cl2N2O2. The molecule has 1 aliphatic rings. The zero-order valence-corrected chi connectivity index (χ0v) is 8.97. The molecule has 0 radical (unpaired) electrons. The van der Waals surface area contributed by atoms with E-state index in [1.807, 2.05) is 0 Å². The van der Waals surface area contributed by atoms with E-state index < -0.39 is 6.03 Å². The number of nitrogens with zero attached hydrogens (tertiary/aromatic N) is 1. The number of hydrogen-bond acceptors (Lipinski definition) is 2. The van der Waals surface area contributed by atoms with Gasteiger partial charge in [0, 0.05) is 0 Å². The standard InChI is InChI=1S/C9H6Cl2N2O2/c10-5-2-1-3-6(8(5)11)13-4-7(14)12-9(13)15/h1-3H,4H2,(H,12,14,15). The Morgan fingerprint density at radius 1 is 1.27 bits per heavy atom. The van der Waals surface area contributed by atoms with Crippen molar-refractivity contribution < 1.29 is 9.59 Å². The van der Waals surface area contributed by atoms with Crippen LogP contribution in [0.4, 0.5) is 10.5 Å². The SMILES string of the molecule is O=C1CN(c2cccc(Cl)c2Cl)C(=O)N1. The van der Waals surface area contributed by atoms with Crippen molar-refractivity contribution in [2.24, 2.45) is 0 Å². The van der Waals surface area contributed by atoms with E-state index in [9.17, 15) is 9.59 Å².